The van der Waals surface area contributed by atoms with Gasteiger partial charge in [-0.1, -0.05) is 18.2 Å². The minimum absolute atomic E-state index is 0.000576. The minimum atomic E-state index is -4.50. The molecule has 1 aromatic heterocycles. The highest BCUT2D eigenvalue weighted by Gasteiger charge is 2.34. The van der Waals surface area contributed by atoms with Crippen molar-refractivity contribution in [1.29, 1.82) is 0 Å². The number of nitrogens with zero attached hydrogens (tertiary/aromatic N) is 1. The van der Waals surface area contributed by atoms with Gasteiger partial charge in [-0.25, -0.2) is 0 Å². The SMILES string of the molecule is COc1ccc(CCNC(=O)c2cc(C)n(-c3ccccc3C(F)(F)F)c2C)cc1OC. The van der Waals surface area contributed by atoms with Crippen LogP contribution in [-0.4, -0.2) is 31.2 Å². The first-order valence-corrected chi connectivity index (χ1v) is 10.0. The van der Waals surface area contributed by atoms with E-state index in [1.54, 1.807) is 46.3 Å². The Morgan fingerprint density at radius 2 is 1.69 bits per heavy atom. The van der Waals surface area contributed by atoms with E-state index in [9.17, 15) is 18.0 Å². The zero-order chi connectivity index (χ0) is 23.5. The second-order valence-electron chi connectivity index (χ2n) is 7.33. The maximum atomic E-state index is 13.5. The van der Waals surface area contributed by atoms with Gasteiger partial charge in [-0.05, 0) is 56.2 Å². The lowest BCUT2D eigenvalue weighted by atomic mass is 10.1. The number of ether oxygens (including phenoxy) is 2. The number of amides is 1. The van der Waals surface area contributed by atoms with E-state index in [2.05, 4.69) is 5.32 Å². The van der Waals surface area contributed by atoms with Gasteiger partial charge in [0.1, 0.15) is 0 Å². The molecule has 1 heterocycles. The monoisotopic (exact) mass is 446 g/mol. The third kappa shape index (κ3) is 4.74. The number of carbonyl (C=O) groups excluding carboxylic acids is 1. The number of methoxy groups -OCH3 is 2. The third-order valence-corrected chi connectivity index (χ3v) is 5.27. The Kier molecular flexibility index (Phi) is 6.81. The standard InChI is InChI=1S/C24H25F3N2O3/c1-15-13-18(16(2)29(15)20-8-6-5-7-19(20)24(25,26)27)23(30)28-12-11-17-9-10-21(31-3)22(14-17)32-4/h5-10,13-14H,11-12H2,1-4H3,(H,28,30). The average molecular weight is 446 g/mol. The van der Waals surface area contributed by atoms with Gasteiger partial charge in [0.15, 0.2) is 11.5 Å². The molecule has 5 nitrogen and oxygen atoms in total. The number of rotatable bonds is 7. The Morgan fingerprint density at radius 1 is 1.00 bits per heavy atom. The fourth-order valence-electron chi connectivity index (χ4n) is 3.72. The van der Waals surface area contributed by atoms with Crippen LogP contribution in [0.3, 0.4) is 0 Å². The highest BCUT2D eigenvalue weighted by Crippen LogP contribution is 2.35. The molecule has 0 bridgehead atoms. The number of hydrogen-bond acceptors (Lipinski definition) is 3. The number of para-hydroxylation sites is 1. The average Bonchev–Trinajstić information content (AvgIpc) is 3.06. The van der Waals surface area contributed by atoms with Crippen LogP contribution in [0.2, 0.25) is 0 Å². The van der Waals surface area contributed by atoms with Crippen molar-refractivity contribution in [2.24, 2.45) is 0 Å². The quantitative estimate of drug-likeness (QED) is 0.549. The first-order valence-electron chi connectivity index (χ1n) is 10.0. The molecule has 0 radical (unpaired) electrons. The smallest absolute Gasteiger partial charge is 0.418 e. The van der Waals surface area contributed by atoms with Gasteiger partial charge in [0.05, 0.1) is 31.0 Å². The summed E-state index contributed by atoms with van der Waals surface area (Å²) < 4.78 is 52.4. The van der Waals surface area contributed by atoms with Crippen molar-refractivity contribution < 1.29 is 27.4 Å². The Morgan fingerprint density at radius 3 is 2.34 bits per heavy atom. The van der Waals surface area contributed by atoms with Crippen LogP contribution in [0, 0.1) is 13.8 Å². The van der Waals surface area contributed by atoms with Crippen LogP contribution < -0.4 is 14.8 Å². The maximum Gasteiger partial charge on any atom is 0.418 e. The van der Waals surface area contributed by atoms with E-state index >= 15 is 0 Å². The molecule has 0 spiro atoms. The molecule has 0 atom stereocenters. The number of alkyl halides is 3. The summed E-state index contributed by atoms with van der Waals surface area (Å²) in [7, 11) is 3.11. The molecule has 2 aromatic carbocycles. The van der Waals surface area contributed by atoms with Crippen molar-refractivity contribution in [3.8, 4) is 17.2 Å². The molecule has 3 rings (SSSR count). The number of halogens is 3. The summed E-state index contributed by atoms with van der Waals surface area (Å²) in [6, 6.07) is 12.5. The summed E-state index contributed by atoms with van der Waals surface area (Å²) in [5, 5.41) is 2.84. The Bertz CT molecular complexity index is 1120. The Hall–Kier alpha value is -3.42. The Labute approximate surface area is 184 Å². The van der Waals surface area contributed by atoms with Gasteiger partial charge in [0.25, 0.3) is 5.91 Å². The van der Waals surface area contributed by atoms with Crippen molar-refractivity contribution in [3.05, 3.63) is 76.6 Å². The van der Waals surface area contributed by atoms with Gasteiger partial charge < -0.3 is 19.4 Å². The Balaban J connectivity index is 1.77. The summed E-state index contributed by atoms with van der Waals surface area (Å²) in [4.78, 5) is 12.8. The van der Waals surface area contributed by atoms with E-state index in [1.807, 2.05) is 12.1 Å². The van der Waals surface area contributed by atoms with E-state index in [0.717, 1.165) is 11.6 Å². The summed E-state index contributed by atoms with van der Waals surface area (Å²) in [5.74, 6) is 0.879. The maximum absolute atomic E-state index is 13.5. The first-order chi connectivity index (χ1) is 15.2. The topological polar surface area (TPSA) is 52.5 Å². The van der Waals surface area contributed by atoms with Crippen LogP contribution in [0.4, 0.5) is 13.2 Å². The molecule has 0 unspecified atom stereocenters. The van der Waals surface area contributed by atoms with E-state index in [4.69, 9.17) is 9.47 Å². The molecule has 0 fully saturated rings. The van der Waals surface area contributed by atoms with Crippen molar-refractivity contribution in [3.63, 3.8) is 0 Å². The minimum Gasteiger partial charge on any atom is -0.493 e. The van der Waals surface area contributed by atoms with Gasteiger partial charge in [-0.2, -0.15) is 13.2 Å². The largest absolute Gasteiger partial charge is 0.493 e. The van der Waals surface area contributed by atoms with Crippen LogP contribution in [0.1, 0.15) is 32.9 Å². The molecule has 1 amide bonds. The molecule has 0 aliphatic heterocycles. The van der Waals surface area contributed by atoms with E-state index < -0.39 is 11.7 Å². The van der Waals surface area contributed by atoms with Crippen molar-refractivity contribution >= 4 is 5.91 Å². The lowest BCUT2D eigenvalue weighted by Crippen LogP contribution is -2.26. The zero-order valence-corrected chi connectivity index (χ0v) is 18.3. The van der Waals surface area contributed by atoms with Gasteiger partial charge in [0.2, 0.25) is 0 Å². The van der Waals surface area contributed by atoms with Crippen LogP contribution in [0.25, 0.3) is 5.69 Å². The van der Waals surface area contributed by atoms with Crippen LogP contribution >= 0.6 is 0 Å². The number of aromatic nitrogens is 1. The summed E-state index contributed by atoms with van der Waals surface area (Å²) in [6.07, 6.45) is -3.94. The number of hydrogen-bond donors (Lipinski definition) is 1. The summed E-state index contributed by atoms with van der Waals surface area (Å²) >= 11 is 0. The predicted molar refractivity (Wildman–Crippen MR) is 116 cm³/mol. The van der Waals surface area contributed by atoms with Crippen LogP contribution in [0.5, 0.6) is 11.5 Å². The predicted octanol–water partition coefficient (Wildman–Crippen LogP) is 5.10. The molecule has 32 heavy (non-hydrogen) atoms. The van der Waals surface area contributed by atoms with Crippen LogP contribution in [-0.2, 0) is 12.6 Å². The molecule has 170 valence electrons. The first kappa shape index (κ1) is 23.2. The molecular formula is C24H25F3N2O3. The van der Waals surface area contributed by atoms with E-state index in [-0.39, 0.29) is 11.6 Å². The molecule has 0 aliphatic carbocycles. The lowest BCUT2D eigenvalue weighted by Gasteiger charge is -2.16. The molecule has 0 saturated heterocycles. The second kappa shape index (κ2) is 9.38. The van der Waals surface area contributed by atoms with Gasteiger partial charge in [-0.3, -0.25) is 4.79 Å². The summed E-state index contributed by atoms with van der Waals surface area (Å²) in [6.45, 7) is 3.68. The fraction of sp³-hybridized carbons (Fsp3) is 0.292. The van der Waals surface area contributed by atoms with Crippen molar-refractivity contribution in [1.82, 2.24) is 9.88 Å². The van der Waals surface area contributed by atoms with E-state index in [0.29, 0.717) is 41.4 Å². The molecule has 8 heteroatoms. The molecule has 0 saturated carbocycles. The number of aryl methyl sites for hydroxylation is 1. The zero-order valence-electron chi connectivity index (χ0n) is 18.3. The van der Waals surface area contributed by atoms with Crippen LogP contribution in [0.15, 0.2) is 48.5 Å². The molecule has 3 aromatic rings. The molecular weight excluding hydrogens is 421 g/mol. The second-order valence-corrected chi connectivity index (χ2v) is 7.33. The number of nitrogens with one attached hydrogen (secondary N) is 1. The van der Waals surface area contributed by atoms with E-state index in [1.165, 1.54) is 16.7 Å². The van der Waals surface area contributed by atoms with Gasteiger partial charge in [0, 0.05) is 17.9 Å². The lowest BCUT2D eigenvalue weighted by molar-refractivity contribution is -0.137. The third-order valence-electron chi connectivity index (χ3n) is 5.27. The normalized spacial score (nSPS) is 11.3. The van der Waals surface area contributed by atoms with Crippen molar-refractivity contribution in [2.75, 3.05) is 20.8 Å². The van der Waals surface area contributed by atoms with Gasteiger partial charge >= 0.3 is 6.18 Å². The highest BCUT2D eigenvalue weighted by molar-refractivity contribution is 5.96. The van der Waals surface area contributed by atoms with Crippen molar-refractivity contribution in [2.45, 2.75) is 26.4 Å². The fourth-order valence-corrected chi connectivity index (χ4v) is 3.72. The number of benzene rings is 2. The summed E-state index contributed by atoms with van der Waals surface area (Å²) in [5.41, 5.74) is 1.54. The highest BCUT2D eigenvalue weighted by atomic mass is 19.4. The van der Waals surface area contributed by atoms with Gasteiger partial charge in [-0.15, -0.1) is 0 Å². The molecule has 1 N–H and O–H groups in total. The number of carbonyl (C=O) groups is 1. The molecule has 0 aliphatic rings.